The van der Waals surface area contributed by atoms with E-state index in [0.29, 0.717) is 0 Å². The molecule has 0 fully saturated rings. The number of quaternary nitrogens is 1. The van der Waals surface area contributed by atoms with E-state index in [2.05, 4.69) is 42.5 Å². The maximum Gasteiger partial charge on any atom is 0.140 e. The molecule has 0 saturated carbocycles. The van der Waals surface area contributed by atoms with Gasteiger partial charge in [0.15, 0.2) is 0 Å². The zero-order chi connectivity index (χ0) is 16.1. The molecule has 3 heteroatoms. The average Bonchev–Trinajstić information content (AvgIpc) is 2.60. The summed E-state index contributed by atoms with van der Waals surface area (Å²) in [6.07, 6.45) is 0. The Hall–Kier alpha value is -2.29. The van der Waals surface area contributed by atoms with Gasteiger partial charge in [0.1, 0.15) is 23.7 Å². The molecule has 0 aliphatic rings. The number of benzene rings is 3. The molecule has 0 heterocycles. The Labute approximate surface area is 141 Å². The Kier molecular flexibility index (Phi) is 4.96. The van der Waals surface area contributed by atoms with Crippen molar-refractivity contribution in [2.75, 3.05) is 7.11 Å². The van der Waals surface area contributed by atoms with E-state index in [9.17, 15) is 0 Å². The highest BCUT2D eigenvalue weighted by atomic mass is 35.5. The van der Waals surface area contributed by atoms with Gasteiger partial charge in [-0.2, -0.15) is 0 Å². The summed E-state index contributed by atoms with van der Waals surface area (Å²) in [6, 6.07) is 26.6. The van der Waals surface area contributed by atoms with E-state index in [1.165, 1.54) is 16.2 Å². The minimum absolute atomic E-state index is 0.764. The lowest BCUT2D eigenvalue weighted by Gasteiger charge is -2.19. The first-order valence-corrected chi connectivity index (χ1v) is 7.94. The number of methoxy groups -OCH3 is 1. The van der Waals surface area contributed by atoms with E-state index < -0.39 is 0 Å². The topological polar surface area (TPSA) is 13.7 Å². The molecule has 0 aliphatic carbocycles. The summed E-state index contributed by atoms with van der Waals surface area (Å²) in [6.45, 7) is 0.817. The first-order valence-electron chi connectivity index (χ1n) is 7.56. The first kappa shape index (κ1) is 15.6. The third-order valence-corrected chi connectivity index (χ3v) is 4.05. The molecule has 0 amide bonds. The van der Waals surface area contributed by atoms with Crippen LogP contribution in [0.15, 0.2) is 78.9 Å². The lowest BCUT2D eigenvalue weighted by molar-refractivity contribution is -0.776. The summed E-state index contributed by atoms with van der Waals surface area (Å²) in [4.78, 5) is 1.26. The van der Waals surface area contributed by atoms with Crippen LogP contribution in [-0.2, 0) is 6.54 Å². The number of nitrogens with one attached hydrogen (secondary N) is 1. The van der Waals surface area contributed by atoms with Gasteiger partial charge in [-0.25, -0.2) is 0 Å². The van der Waals surface area contributed by atoms with Gasteiger partial charge in [-0.15, -0.1) is 0 Å². The van der Waals surface area contributed by atoms with E-state index in [0.717, 1.165) is 23.0 Å². The molecule has 23 heavy (non-hydrogen) atoms. The van der Waals surface area contributed by atoms with Crippen molar-refractivity contribution >= 4 is 23.0 Å². The third kappa shape index (κ3) is 3.92. The zero-order valence-electron chi connectivity index (χ0n) is 13.0. The smallest absolute Gasteiger partial charge is 0.140 e. The van der Waals surface area contributed by atoms with Crippen LogP contribution in [0, 0.1) is 0 Å². The second-order valence-electron chi connectivity index (χ2n) is 5.38. The molecule has 3 aromatic rings. The van der Waals surface area contributed by atoms with Crippen LogP contribution < -0.4 is 9.64 Å². The molecule has 2 nitrogen and oxygen atoms in total. The Morgan fingerprint density at radius 1 is 0.826 bits per heavy atom. The lowest BCUT2D eigenvalue weighted by atomic mass is 10.1. The van der Waals surface area contributed by atoms with Crippen LogP contribution in [0.1, 0.15) is 5.56 Å². The molecule has 0 aromatic heterocycles. The summed E-state index contributed by atoms with van der Waals surface area (Å²) < 4.78 is 5.38. The number of para-hydroxylation sites is 1. The number of halogens is 1. The van der Waals surface area contributed by atoms with Gasteiger partial charge in [0, 0.05) is 16.7 Å². The average molecular weight is 325 g/mol. The molecule has 116 valence electrons. The van der Waals surface area contributed by atoms with Gasteiger partial charge in [-0.1, -0.05) is 48.0 Å². The quantitative estimate of drug-likeness (QED) is 0.734. The van der Waals surface area contributed by atoms with Gasteiger partial charge < -0.3 is 4.74 Å². The number of hydrogen-bond donors (Lipinski definition) is 1. The Balaban J connectivity index is 2.00. The van der Waals surface area contributed by atoms with E-state index in [1.54, 1.807) is 7.11 Å². The normalized spacial score (nSPS) is 11.9. The van der Waals surface area contributed by atoms with Gasteiger partial charge in [-0.05, 0) is 36.4 Å². The summed E-state index contributed by atoms with van der Waals surface area (Å²) in [5, 5.41) is 0.764. The molecule has 1 N–H and O–H groups in total. The molecule has 0 spiro atoms. The second kappa shape index (κ2) is 7.32. The van der Waals surface area contributed by atoms with Crippen LogP contribution in [0.2, 0.25) is 5.02 Å². The fraction of sp³-hybridized carbons (Fsp3) is 0.100. The molecule has 1 unspecified atom stereocenters. The van der Waals surface area contributed by atoms with Crippen LogP contribution in [0.3, 0.4) is 0 Å². The summed E-state index contributed by atoms with van der Waals surface area (Å²) in [5.74, 6) is 0.863. The van der Waals surface area contributed by atoms with E-state index >= 15 is 0 Å². The van der Waals surface area contributed by atoms with Crippen molar-refractivity contribution in [2.45, 2.75) is 6.54 Å². The van der Waals surface area contributed by atoms with Crippen LogP contribution >= 0.6 is 11.6 Å². The van der Waals surface area contributed by atoms with Gasteiger partial charge in [0.2, 0.25) is 0 Å². The minimum Gasteiger partial charge on any atom is -0.497 e. The summed E-state index contributed by atoms with van der Waals surface area (Å²) in [7, 11) is 1.69. The van der Waals surface area contributed by atoms with Crippen molar-refractivity contribution < 1.29 is 9.64 Å². The molecule has 3 aromatic carbocycles. The standard InChI is InChI=1S/C20H18ClNO/c1-23-20-12-6-11-19(14-20)22(18-9-3-2-4-10-18)15-16-7-5-8-17(21)13-16/h2-14H,15H2,1H3/p+1. The maximum atomic E-state index is 6.14. The zero-order valence-corrected chi connectivity index (χ0v) is 13.8. The van der Waals surface area contributed by atoms with Gasteiger partial charge in [-0.3, -0.25) is 4.90 Å². The summed E-state index contributed by atoms with van der Waals surface area (Å²) >= 11 is 6.14. The molecule has 0 aliphatic heterocycles. The second-order valence-corrected chi connectivity index (χ2v) is 5.82. The van der Waals surface area contributed by atoms with Crippen molar-refractivity contribution in [1.29, 1.82) is 0 Å². The highest BCUT2D eigenvalue weighted by molar-refractivity contribution is 6.30. The molecule has 3 rings (SSSR count). The first-order chi connectivity index (χ1) is 11.3. The Morgan fingerprint density at radius 3 is 2.30 bits per heavy atom. The fourth-order valence-corrected chi connectivity index (χ4v) is 2.88. The van der Waals surface area contributed by atoms with Crippen molar-refractivity contribution in [2.24, 2.45) is 0 Å². The fourth-order valence-electron chi connectivity index (χ4n) is 2.67. The largest absolute Gasteiger partial charge is 0.497 e. The number of ether oxygens (including phenoxy) is 1. The molecule has 1 atom stereocenters. The van der Waals surface area contributed by atoms with E-state index in [4.69, 9.17) is 16.3 Å². The summed E-state index contributed by atoms with van der Waals surface area (Å²) in [5.41, 5.74) is 3.57. The van der Waals surface area contributed by atoms with Gasteiger partial charge in [0.25, 0.3) is 0 Å². The molecule has 0 bridgehead atoms. The Morgan fingerprint density at radius 2 is 1.57 bits per heavy atom. The number of hydrogen-bond acceptors (Lipinski definition) is 1. The van der Waals surface area contributed by atoms with Crippen LogP contribution in [0.25, 0.3) is 0 Å². The lowest BCUT2D eigenvalue weighted by Crippen LogP contribution is -3.00. The maximum absolute atomic E-state index is 6.14. The minimum atomic E-state index is 0.764. The highest BCUT2D eigenvalue weighted by Crippen LogP contribution is 2.17. The Bertz CT molecular complexity index is 773. The molecular weight excluding hydrogens is 306 g/mol. The van der Waals surface area contributed by atoms with Gasteiger partial charge in [0.05, 0.1) is 7.11 Å². The van der Waals surface area contributed by atoms with Crippen LogP contribution in [0.5, 0.6) is 5.75 Å². The van der Waals surface area contributed by atoms with Crippen molar-refractivity contribution in [3.8, 4) is 5.75 Å². The molecule has 0 saturated heterocycles. The van der Waals surface area contributed by atoms with Crippen LogP contribution in [-0.4, -0.2) is 7.11 Å². The number of rotatable bonds is 5. The predicted octanol–water partition coefficient (Wildman–Crippen LogP) is 4.40. The van der Waals surface area contributed by atoms with Crippen molar-refractivity contribution in [3.05, 3.63) is 89.4 Å². The van der Waals surface area contributed by atoms with E-state index in [1.807, 2.05) is 36.4 Å². The predicted molar refractivity (Wildman–Crippen MR) is 94.9 cm³/mol. The van der Waals surface area contributed by atoms with E-state index in [-0.39, 0.29) is 0 Å². The van der Waals surface area contributed by atoms with Crippen LogP contribution in [0.4, 0.5) is 11.4 Å². The highest BCUT2D eigenvalue weighted by Gasteiger charge is 2.17. The monoisotopic (exact) mass is 324 g/mol. The third-order valence-electron chi connectivity index (χ3n) is 3.81. The van der Waals surface area contributed by atoms with Gasteiger partial charge >= 0.3 is 0 Å². The molecular formula is C20H19ClNO+. The van der Waals surface area contributed by atoms with Crippen molar-refractivity contribution in [1.82, 2.24) is 0 Å². The molecule has 0 radical (unpaired) electrons. The SMILES string of the molecule is COc1cccc([NH+](Cc2cccc(Cl)c2)c2ccccc2)c1. The van der Waals surface area contributed by atoms with Crippen molar-refractivity contribution in [3.63, 3.8) is 0 Å².